The smallest absolute Gasteiger partial charge is 0.348 e. The van der Waals surface area contributed by atoms with Crippen molar-refractivity contribution in [1.82, 2.24) is 9.13 Å². The summed E-state index contributed by atoms with van der Waals surface area (Å²) in [5.41, 5.74) is 1.03. The number of aryl methyl sites for hydroxylation is 2. The second-order valence-corrected chi connectivity index (χ2v) is 8.32. The summed E-state index contributed by atoms with van der Waals surface area (Å²) in [5.74, 6) is 0.222. The predicted molar refractivity (Wildman–Crippen MR) is 124 cm³/mol. The van der Waals surface area contributed by atoms with Gasteiger partial charge in [0.05, 0.1) is 12.5 Å². The molecule has 164 valence electrons. The maximum absolute atomic E-state index is 13.0. The van der Waals surface area contributed by atoms with Crippen LogP contribution in [0.5, 0.6) is 5.75 Å². The highest BCUT2D eigenvalue weighted by Gasteiger charge is 2.18. The van der Waals surface area contributed by atoms with Gasteiger partial charge in [0.15, 0.2) is 0 Å². The molecule has 8 heteroatoms. The molecule has 32 heavy (non-hydrogen) atoms. The minimum atomic E-state index is -0.522. The molecular weight excluding hydrogens is 428 g/mol. The van der Waals surface area contributed by atoms with E-state index in [0.717, 1.165) is 28.2 Å². The van der Waals surface area contributed by atoms with Crippen LogP contribution in [0.15, 0.2) is 70.3 Å². The lowest BCUT2D eigenvalue weighted by Crippen LogP contribution is -2.39. The zero-order valence-electron chi connectivity index (χ0n) is 17.7. The minimum Gasteiger partial charge on any atom is -0.497 e. The van der Waals surface area contributed by atoms with Gasteiger partial charge >= 0.3 is 11.7 Å². The lowest BCUT2D eigenvalue weighted by molar-refractivity contribution is 0.0478. The number of hydrogen-bond donors (Lipinski definition) is 0. The van der Waals surface area contributed by atoms with Crippen molar-refractivity contribution in [3.8, 4) is 5.75 Å². The molecule has 0 amide bonds. The summed E-state index contributed by atoms with van der Waals surface area (Å²) in [6.07, 6.45) is 0.515. The van der Waals surface area contributed by atoms with E-state index in [-0.39, 0.29) is 18.0 Å². The first-order chi connectivity index (χ1) is 15.5. The van der Waals surface area contributed by atoms with Gasteiger partial charge in [-0.1, -0.05) is 42.5 Å². The quantitative estimate of drug-likeness (QED) is 0.404. The molecular formula is C24H22N2O5S. The summed E-state index contributed by atoms with van der Waals surface area (Å²) in [5, 5.41) is 0.332. The van der Waals surface area contributed by atoms with Crippen LogP contribution in [0.2, 0.25) is 0 Å². The van der Waals surface area contributed by atoms with E-state index in [4.69, 9.17) is 9.47 Å². The fourth-order valence-corrected chi connectivity index (χ4v) is 4.41. The number of carbonyl (C=O) groups excluding carboxylic acids is 1. The Bertz CT molecular complexity index is 1370. The third-order valence-electron chi connectivity index (χ3n) is 5.21. The average molecular weight is 451 g/mol. The molecule has 0 N–H and O–H groups in total. The van der Waals surface area contributed by atoms with Crippen molar-refractivity contribution in [2.24, 2.45) is 7.05 Å². The second-order valence-electron chi connectivity index (χ2n) is 7.29. The molecule has 0 saturated carbocycles. The number of methoxy groups -OCH3 is 1. The molecule has 2 heterocycles. The summed E-state index contributed by atoms with van der Waals surface area (Å²) < 4.78 is 13.1. The summed E-state index contributed by atoms with van der Waals surface area (Å²) in [7, 11) is 3.20. The van der Waals surface area contributed by atoms with Gasteiger partial charge in [0.1, 0.15) is 22.1 Å². The number of nitrogens with zero attached hydrogens (tertiary/aromatic N) is 2. The summed E-state index contributed by atoms with van der Waals surface area (Å²) in [6, 6.07) is 18.3. The van der Waals surface area contributed by atoms with Gasteiger partial charge in [0, 0.05) is 13.6 Å². The van der Waals surface area contributed by atoms with Gasteiger partial charge in [0.25, 0.3) is 5.56 Å². The highest BCUT2D eigenvalue weighted by Crippen LogP contribution is 2.23. The van der Waals surface area contributed by atoms with Crippen molar-refractivity contribution in [1.29, 1.82) is 0 Å². The van der Waals surface area contributed by atoms with Crippen LogP contribution in [0, 0.1) is 0 Å². The van der Waals surface area contributed by atoms with Crippen molar-refractivity contribution in [2.45, 2.75) is 19.6 Å². The van der Waals surface area contributed by atoms with Gasteiger partial charge in [-0.15, -0.1) is 11.3 Å². The van der Waals surface area contributed by atoms with Gasteiger partial charge in [0.2, 0.25) is 0 Å². The van der Waals surface area contributed by atoms with Crippen LogP contribution < -0.4 is 16.0 Å². The number of esters is 1. The van der Waals surface area contributed by atoms with Crippen LogP contribution in [0.1, 0.15) is 20.8 Å². The van der Waals surface area contributed by atoms with Crippen molar-refractivity contribution < 1.29 is 14.3 Å². The molecule has 7 nitrogen and oxygen atoms in total. The highest BCUT2D eigenvalue weighted by atomic mass is 32.1. The van der Waals surface area contributed by atoms with E-state index >= 15 is 0 Å². The molecule has 0 fully saturated rings. The number of carbonyl (C=O) groups is 1. The first-order valence-corrected chi connectivity index (χ1v) is 10.9. The van der Waals surface area contributed by atoms with Crippen molar-refractivity contribution in [3.05, 3.63) is 97.5 Å². The third kappa shape index (κ3) is 4.36. The van der Waals surface area contributed by atoms with E-state index in [2.05, 4.69) is 0 Å². The molecule has 0 bridgehead atoms. The van der Waals surface area contributed by atoms with Crippen LogP contribution in [0.25, 0.3) is 10.2 Å². The van der Waals surface area contributed by atoms with Gasteiger partial charge < -0.3 is 9.47 Å². The number of thiophene rings is 1. The molecule has 0 radical (unpaired) electrons. The number of rotatable bonds is 7. The Kier molecular flexibility index (Phi) is 6.23. The number of fused-ring (bicyclic) bond motifs is 1. The summed E-state index contributed by atoms with van der Waals surface area (Å²) in [4.78, 5) is 39.1. The zero-order chi connectivity index (χ0) is 22.7. The van der Waals surface area contributed by atoms with Gasteiger partial charge in [-0.05, 0) is 35.7 Å². The fraction of sp³-hybridized carbons (Fsp3) is 0.208. The summed E-state index contributed by atoms with van der Waals surface area (Å²) in [6.45, 7) is 0.371. The third-order valence-corrected chi connectivity index (χ3v) is 6.40. The molecule has 0 unspecified atom stereocenters. The SMILES string of the molecule is COc1ccc(CCn2c(=O)c3cc(C(=O)OCc4ccccc4)sc3n(C)c2=O)cc1. The van der Waals surface area contributed by atoms with E-state index in [1.54, 1.807) is 14.2 Å². The molecule has 4 rings (SSSR count). The topological polar surface area (TPSA) is 79.5 Å². The molecule has 4 aromatic rings. The van der Waals surface area contributed by atoms with Crippen molar-refractivity contribution in [2.75, 3.05) is 7.11 Å². The Hall–Kier alpha value is -3.65. The van der Waals surface area contributed by atoms with E-state index < -0.39 is 17.2 Å². The fourth-order valence-electron chi connectivity index (χ4n) is 3.41. The zero-order valence-corrected chi connectivity index (χ0v) is 18.6. The van der Waals surface area contributed by atoms with Crippen LogP contribution in [-0.4, -0.2) is 22.2 Å². The lowest BCUT2D eigenvalue weighted by atomic mass is 10.1. The van der Waals surface area contributed by atoms with Crippen LogP contribution in [0.4, 0.5) is 0 Å². The predicted octanol–water partition coefficient (Wildman–Crippen LogP) is 3.37. The molecule has 0 aliphatic heterocycles. The maximum Gasteiger partial charge on any atom is 0.348 e. The summed E-state index contributed by atoms with van der Waals surface area (Å²) >= 11 is 1.08. The second kappa shape index (κ2) is 9.23. The molecule has 0 spiro atoms. The van der Waals surface area contributed by atoms with Crippen molar-refractivity contribution >= 4 is 27.5 Å². The highest BCUT2D eigenvalue weighted by molar-refractivity contribution is 7.20. The van der Waals surface area contributed by atoms with Crippen LogP contribution in [0.3, 0.4) is 0 Å². The first kappa shape index (κ1) is 21.6. The Balaban J connectivity index is 1.58. The number of hydrogen-bond acceptors (Lipinski definition) is 6. The molecule has 0 saturated heterocycles. The number of benzene rings is 2. The van der Waals surface area contributed by atoms with E-state index in [1.165, 1.54) is 15.2 Å². The normalized spacial score (nSPS) is 10.9. The number of aromatic nitrogens is 2. The van der Waals surface area contributed by atoms with Crippen LogP contribution in [-0.2, 0) is 31.4 Å². The largest absolute Gasteiger partial charge is 0.497 e. The average Bonchev–Trinajstić information content (AvgIpc) is 3.28. The number of ether oxygens (including phenoxy) is 2. The van der Waals surface area contributed by atoms with Gasteiger partial charge in [-0.3, -0.25) is 13.9 Å². The van der Waals surface area contributed by atoms with Crippen LogP contribution >= 0.6 is 11.3 Å². The Labute approximate surface area is 188 Å². The molecule has 0 aliphatic carbocycles. The maximum atomic E-state index is 13.0. The molecule has 0 aliphatic rings. The van der Waals surface area contributed by atoms with E-state index in [0.29, 0.717) is 16.6 Å². The Morgan fingerprint density at radius 3 is 2.41 bits per heavy atom. The molecule has 2 aromatic heterocycles. The first-order valence-electron chi connectivity index (χ1n) is 10.1. The van der Waals surface area contributed by atoms with Gasteiger partial charge in [-0.2, -0.15) is 0 Å². The minimum absolute atomic E-state index is 0.138. The lowest BCUT2D eigenvalue weighted by Gasteiger charge is -2.08. The standard InChI is InChI=1S/C24H22N2O5S/c1-25-22-19(14-20(32-22)23(28)31-15-17-6-4-3-5-7-17)21(27)26(24(25)29)13-12-16-8-10-18(30-2)11-9-16/h3-11,14H,12-13,15H2,1-2H3. The van der Waals surface area contributed by atoms with E-state index in [9.17, 15) is 14.4 Å². The molecule has 0 atom stereocenters. The van der Waals surface area contributed by atoms with Crippen molar-refractivity contribution in [3.63, 3.8) is 0 Å². The molecule has 2 aromatic carbocycles. The monoisotopic (exact) mass is 450 g/mol. The van der Waals surface area contributed by atoms with Gasteiger partial charge in [-0.25, -0.2) is 9.59 Å². The Morgan fingerprint density at radius 2 is 1.72 bits per heavy atom. The Morgan fingerprint density at radius 1 is 1.00 bits per heavy atom. The van der Waals surface area contributed by atoms with E-state index in [1.807, 2.05) is 54.6 Å².